The van der Waals surface area contributed by atoms with Crippen LogP contribution in [0.1, 0.15) is 37.4 Å². The predicted octanol–water partition coefficient (Wildman–Crippen LogP) is 4.37. The lowest BCUT2D eigenvalue weighted by molar-refractivity contribution is 0.266. The van der Waals surface area contributed by atoms with Crippen molar-refractivity contribution in [2.24, 2.45) is 0 Å². The van der Waals surface area contributed by atoms with Crippen LogP contribution in [-0.2, 0) is 6.42 Å². The highest BCUT2D eigenvalue weighted by Gasteiger charge is 2.11. The van der Waals surface area contributed by atoms with Crippen molar-refractivity contribution >= 4 is 0 Å². The molecule has 2 nitrogen and oxygen atoms in total. The Kier molecular flexibility index (Phi) is 6.29. The Bertz CT molecular complexity index is 524. The number of benzene rings is 2. The molecule has 112 valence electrons. The summed E-state index contributed by atoms with van der Waals surface area (Å²) in [5.41, 5.74) is 2.59. The average molecular weight is 283 g/mol. The van der Waals surface area contributed by atoms with Gasteiger partial charge < -0.3 is 10.1 Å². The quantitative estimate of drug-likeness (QED) is 0.777. The van der Waals surface area contributed by atoms with Gasteiger partial charge in [-0.25, -0.2) is 0 Å². The van der Waals surface area contributed by atoms with E-state index in [0.717, 1.165) is 25.1 Å². The first kappa shape index (κ1) is 15.6. The maximum Gasteiger partial charge on any atom is 0.119 e. The number of hydrogen-bond acceptors (Lipinski definition) is 2. The van der Waals surface area contributed by atoms with Crippen LogP contribution in [-0.4, -0.2) is 13.2 Å². The van der Waals surface area contributed by atoms with Crippen molar-refractivity contribution in [2.45, 2.75) is 32.7 Å². The van der Waals surface area contributed by atoms with Crippen LogP contribution in [0.5, 0.6) is 5.75 Å². The maximum absolute atomic E-state index is 6.00. The van der Waals surface area contributed by atoms with Crippen LogP contribution in [0.15, 0.2) is 54.6 Å². The molecule has 0 amide bonds. The first-order chi connectivity index (χ1) is 10.3. The van der Waals surface area contributed by atoms with E-state index < -0.39 is 0 Å². The van der Waals surface area contributed by atoms with Gasteiger partial charge in [0.05, 0.1) is 6.04 Å². The van der Waals surface area contributed by atoms with E-state index >= 15 is 0 Å². The normalized spacial score (nSPS) is 12.1. The van der Waals surface area contributed by atoms with Crippen LogP contribution in [0.2, 0.25) is 0 Å². The van der Waals surface area contributed by atoms with Crippen molar-refractivity contribution in [3.8, 4) is 5.75 Å². The molecule has 2 rings (SSSR count). The van der Waals surface area contributed by atoms with E-state index in [4.69, 9.17) is 4.74 Å². The van der Waals surface area contributed by atoms with Crippen LogP contribution in [0.4, 0.5) is 0 Å². The SMILES string of the molecule is CCCNC(COc1cccc(CC)c1)c1ccccc1. The Morgan fingerprint density at radius 2 is 1.81 bits per heavy atom. The molecule has 0 bridgehead atoms. The van der Waals surface area contributed by atoms with E-state index in [1.54, 1.807) is 0 Å². The van der Waals surface area contributed by atoms with Gasteiger partial charge >= 0.3 is 0 Å². The molecule has 0 saturated heterocycles. The molecule has 2 aromatic rings. The van der Waals surface area contributed by atoms with Crippen LogP contribution < -0.4 is 10.1 Å². The molecular weight excluding hydrogens is 258 g/mol. The summed E-state index contributed by atoms with van der Waals surface area (Å²) in [4.78, 5) is 0. The second kappa shape index (κ2) is 8.48. The molecule has 0 saturated carbocycles. The van der Waals surface area contributed by atoms with Gasteiger partial charge in [-0.15, -0.1) is 0 Å². The molecule has 1 atom stereocenters. The van der Waals surface area contributed by atoms with Crippen LogP contribution in [0, 0.1) is 0 Å². The molecule has 0 radical (unpaired) electrons. The number of aryl methyl sites for hydroxylation is 1. The molecule has 21 heavy (non-hydrogen) atoms. The average Bonchev–Trinajstić information content (AvgIpc) is 2.56. The minimum absolute atomic E-state index is 0.233. The maximum atomic E-state index is 6.00. The molecule has 0 spiro atoms. The van der Waals surface area contributed by atoms with Crippen LogP contribution in [0.3, 0.4) is 0 Å². The summed E-state index contributed by atoms with van der Waals surface area (Å²) in [5.74, 6) is 0.952. The third-order valence-electron chi connectivity index (χ3n) is 3.57. The van der Waals surface area contributed by atoms with Crippen molar-refractivity contribution in [2.75, 3.05) is 13.2 Å². The monoisotopic (exact) mass is 283 g/mol. The van der Waals surface area contributed by atoms with Gasteiger partial charge in [0.15, 0.2) is 0 Å². The fourth-order valence-electron chi connectivity index (χ4n) is 2.31. The Morgan fingerprint density at radius 3 is 2.52 bits per heavy atom. The zero-order valence-corrected chi connectivity index (χ0v) is 13.0. The number of nitrogens with one attached hydrogen (secondary N) is 1. The largest absolute Gasteiger partial charge is 0.492 e. The third kappa shape index (κ3) is 4.91. The highest BCUT2D eigenvalue weighted by molar-refractivity contribution is 5.28. The van der Waals surface area contributed by atoms with E-state index in [0.29, 0.717) is 6.61 Å². The summed E-state index contributed by atoms with van der Waals surface area (Å²) < 4.78 is 6.00. The molecule has 0 aliphatic carbocycles. The lowest BCUT2D eigenvalue weighted by atomic mass is 10.1. The highest BCUT2D eigenvalue weighted by Crippen LogP contribution is 2.18. The van der Waals surface area contributed by atoms with Gasteiger partial charge in [-0.3, -0.25) is 0 Å². The number of rotatable bonds is 8. The van der Waals surface area contributed by atoms with Crippen molar-refractivity contribution in [1.29, 1.82) is 0 Å². The first-order valence-corrected chi connectivity index (χ1v) is 7.83. The number of ether oxygens (including phenoxy) is 1. The fraction of sp³-hybridized carbons (Fsp3) is 0.368. The summed E-state index contributed by atoms with van der Waals surface area (Å²) in [6.07, 6.45) is 2.15. The number of hydrogen-bond donors (Lipinski definition) is 1. The third-order valence-corrected chi connectivity index (χ3v) is 3.57. The van der Waals surface area contributed by atoms with Crippen molar-refractivity contribution in [3.63, 3.8) is 0 Å². The van der Waals surface area contributed by atoms with Gasteiger partial charge in [0.25, 0.3) is 0 Å². The minimum Gasteiger partial charge on any atom is -0.492 e. The van der Waals surface area contributed by atoms with Gasteiger partial charge in [0.1, 0.15) is 12.4 Å². The van der Waals surface area contributed by atoms with Gasteiger partial charge in [0.2, 0.25) is 0 Å². The second-order valence-electron chi connectivity index (χ2n) is 5.23. The van der Waals surface area contributed by atoms with Gasteiger partial charge in [-0.1, -0.05) is 56.3 Å². The molecule has 0 fully saturated rings. The summed E-state index contributed by atoms with van der Waals surface area (Å²) in [6, 6.07) is 19.1. The Hall–Kier alpha value is -1.80. The molecule has 2 aromatic carbocycles. The summed E-state index contributed by atoms with van der Waals surface area (Å²) in [5, 5.41) is 3.56. The van der Waals surface area contributed by atoms with Crippen LogP contribution >= 0.6 is 0 Å². The fourth-order valence-corrected chi connectivity index (χ4v) is 2.31. The molecule has 1 N–H and O–H groups in total. The standard InChI is InChI=1S/C19H25NO/c1-3-13-20-19(17-10-6-5-7-11-17)15-21-18-12-8-9-16(4-2)14-18/h5-12,14,19-20H,3-4,13,15H2,1-2H3. The molecule has 0 heterocycles. The Labute approximate surface area is 128 Å². The Balaban J connectivity index is 2.01. The zero-order chi connectivity index (χ0) is 14.9. The van der Waals surface area contributed by atoms with Crippen LogP contribution in [0.25, 0.3) is 0 Å². The van der Waals surface area contributed by atoms with Crippen molar-refractivity contribution in [3.05, 3.63) is 65.7 Å². The van der Waals surface area contributed by atoms with E-state index in [1.165, 1.54) is 11.1 Å². The lowest BCUT2D eigenvalue weighted by Crippen LogP contribution is -2.27. The molecule has 0 aliphatic rings. The zero-order valence-electron chi connectivity index (χ0n) is 13.0. The van der Waals surface area contributed by atoms with E-state index in [9.17, 15) is 0 Å². The van der Waals surface area contributed by atoms with Gasteiger partial charge in [0, 0.05) is 0 Å². The van der Waals surface area contributed by atoms with Crippen molar-refractivity contribution in [1.82, 2.24) is 5.32 Å². The van der Waals surface area contributed by atoms with Gasteiger partial charge in [-0.05, 0) is 42.6 Å². The second-order valence-corrected chi connectivity index (χ2v) is 5.23. The summed E-state index contributed by atoms with van der Waals surface area (Å²) in [6.45, 7) is 5.99. The molecule has 0 aliphatic heterocycles. The van der Waals surface area contributed by atoms with Crippen molar-refractivity contribution < 1.29 is 4.74 Å². The van der Waals surface area contributed by atoms with E-state index in [1.807, 2.05) is 12.1 Å². The summed E-state index contributed by atoms with van der Waals surface area (Å²) in [7, 11) is 0. The highest BCUT2D eigenvalue weighted by atomic mass is 16.5. The Morgan fingerprint density at radius 1 is 1.00 bits per heavy atom. The first-order valence-electron chi connectivity index (χ1n) is 7.83. The lowest BCUT2D eigenvalue weighted by Gasteiger charge is -2.20. The molecule has 1 unspecified atom stereocenters. The molecule has 0 aromatic heterocycles. The predicted molar refractivity (Wildman–Crippen MR) is 88.8 cm³/mol. The van der Waals surface area contributed by atoms with Gasteiger partial charge in [-0.2, -0.15) is 0 Å². The molecule has 2 heteroatoms. The smallest absolute Gasteiger partial charge is 0.119 e. The minimum atomic E-state index is 0.233. The molecular formula is C19H25NO. The topological polar surface area (TPSA) is 21.3 Å². The van der Waals surface area contributed by atoms with E-state index in [2.05, 4.69) is 61.6 Å². The summed E-state index contributed by atoms with van der Waals surface area (Å²) >= 11 is 0. The van der Waals surface area contributed by atoms with E-state index in [-0.39, 0.29) is 6.04 Å².